The number of hydrogen-bond acceptors (Lipinski definition) is 2. The van der Waals surface area contributed by atoms with Crippen molar-refractivity contribution in [1.82, 2.24) is 5.32 Å². The van der Waals surface area contributed by atoms with Gasteiger partial charge in [0, 0.05) is 12.6 Å². The molecule has 2 unspecified atom stereocenters. The van der Waals surface area contributed by atoms with Crippen LogP contribution in [0.1, 0.15) is 79.1 Å². The van der Waals surface area contributed by atoms with Gasteiger partial charge in [-0.15, -0.1) is 0 Å². The Labute approximate surface area is 140 Å². The average Bonchev–Trinajstić information content (AvgIpc) is 2.42. The Balaban J connectivity index is 1.98. The molecule has 1 N–H and O–H groups in total. The predicted molar refractivity (Wildman–Crippen MR) is 101 cm³/mol. The smallest absolute Gasteiger partial charge is 0.191 e. The second-order valence-corrected chi connectivity index (χ2v) is 13.7. The summed E-state index contributed by atoms with van der Waals surface area (Å²) in [6, 6.07) is 0.788. The van der Waals surface area contributed by atoms with Crippen LogP contribution in [-0.4, -0.2) is 27.5 Å². The van der Waals surface area contributed by atoms with Gasteiger partial charge in [0.25, 0.3) is 0 Å². The number of nitrogens with one attached hydrogen (secondary N) is 1. The molecular formula is C19H41NOSi. The Hall–Kier alpha value is 0.137. The monoisotopic (exact) mass is 327 g/mol. The van der Waals surface area contributed by atoms with Crippen LogP contribution in [0.2, 0.25) is 18.1 Å². The van der Waals surface area contributed by atoms with Crippen molar-refractivity contribution in [2.75, 3.05) is 13.2 Å². The lowest BCUT2D eigenvalue weighted by Gasteiger charge is -2.36. The average molecular weight is 328 g/mol. The van der Waals surface area contributed by atoms with Gasteiger partial charge in [-0.25, -0.2) is 0 Å². The summed E-state index contributed by atoms with van der Waals surface area (Å²) in [6.07, 6.45) is 10.9. The maximum Gasteiger partial charge on any atom is 0.191 e. The summed E-state index contributed by atoms with van der Waals surface area (Å²) in [5, 5.41) is 4.12. The van der Waals surface area contributed by atoms with E-state index in [9.17, 15) is 0 Å². The van der Waals surface area contributed by atoms with Crippen molar-refractivity contribution >= 4 is 8.32 Å². The fourth-order valence-corrected chi connectivity index (χ4v) is 4.12. The molecule has 0 bridgehead atoms. The molecule has 0 amide bonds. The van der Waals surface area contributed by atoms with Gasteiger partial charge >= 0.3 is 0 Å². The summed E-state index contributed by atoms with van der Waals surface area (Å²) in [4.78, 5) is 0. The van der Waals surface area contributed by atoms with E-state index in [1.807, 2.05) is 0 Å². The molecule has 22 heavy (non-hydrogen) atoms. The molecule has 0 spiro atoms. The second-order valence-electron chi connectivity index (χ2n) is 8.85. The topological polar surface area (TPSA) is 21.3 Å². The van der Waals surface area contributed by atoms with E-state index in [4.69, 9.17) is 4.43 Å². The van der Waals surface area contributed by atoms with Crippen LogP contribution < -0.4 is 5.32 Å². The van der Waals surface area contributed by atoms with Crippen LogP contribution in [0.3, 0.4) is 0 Å². The van der Waals surface area contributed by atoms with Crippen molar-refractivity contribution in [3.8, 4) is 0 Å². The molecule has 1 rings (SSSR count). The van der Waals surface area contributed by atoms with Crippen LogP contribution in [0.25, 0.3) is 0 Å². The molecule has 0 saturated heterocycles. The molecule has 0 aliphatic heterocycles. The van der Waals surface area contributed by atoms with Crippen LogP contribution in [0.15, 0.2) is 0 Å². The molecule has 1 fully saturated rings. The zero-order valence-corrected chi connectivity index (χ0v) is 17.1. The van der Waals surface area contributed by atoms with Gasteiger partial charge in [-0.3, -0.25) is 0 Å². The summed E-state index contributed by atoms with van der Waals surface area (Å²) in [7, 11) is -1.52. The van der Waals surface area contributed by atoms with Crippen molar-refractivity contribution < 1.29 is 4.43 Å². The zero-order chi connectivity index (χ0) is 16.6. The van der Waals surface area contributed by atoms with Crippen molar-refractivity contribution in [1.29, 1.82) is 0 Å². The molecule has 2 atom stereocenters. The van der Waals surface area contributed by atoms with Crippen LogP contribution in [-0.2, 0) is 4.43 Å². The minimum atomic E-state index is -1.52. The fraction of sp³-hybridized carbons (Fsp3) is 1.00. The van der Waals surface area contributed by atoms with Gasteiger partial charge < -0.3 is 9.74 Å². The van der Waals surface area contributed by atoms with Crippen molar-refractivity contribution in [2.24, 2.45) is 5.92 Å². The molecule has 1 saturated carbocycles. The standard InChI is InChI=1S/C19H41NOSi/c1-17-13-9-10-14-18(17)20-15-11-7-8-12-16-21-22(5,6)19(2,3)4/h17-18,20H,7-16H2,1-6H3. The van der Waals surface area contributed by atoms with E-state index in [2.05, 4.69) is 46.1 Å². The third-order valence-electron chi connectivity index (χ3n) is 5.86. The lowest BCUT2D eigenvalue weighted by molar-refractivity contribution is 0.271. The van der Waals surface area contributed by atoms with Crippen LogP contribution in [0.4, 0.5) is 0 Å². The summed E-state index contributed by atoms with van der Waals surface area (Å²) in [5.41, 5.74) is 0. The highest BCUT2D eigenvalue weighted by molar-refractivity contribution is 6.74. The van der Waals surface area contributed by atoms with Crippen LogP contribution >= 0.6 is 0 Å². The third-order valence-corrected chi connectivity index (χ3v) is 10.4. The predicted octanol–water partition coefficient (Wildman–Crippen LogP) is 5.74. The van der Waals surface area contributed by atoms with Gasteiger partial charge in [0.15, 0.2) is 8.32 Å². The van der Waals surface area contributed by atoms with Gasteiger partial charge in [-0.1, -0.05) is 53.4 Å². The van der Waals surface area contributed by atoms with E-state index >= 15 is 0 Å². The van der Waals surface area contributed by atoms with Gasteiger partial charge in [-0.05, 0) is 56.3 Å². The first-order valence-electron chi connectivity index (χ1n) is 9.61. The summed E-state index contributed by atoms with van der Waals surface area (Å²) in [6.45, 7) is 16.2. The molecule has 0 aromatic carbocycles. The molecule has 1 aliphatic rings. The molecule has 0 aromatic heterocycles. The molecule has 0 heterocycles. The molecule has 132 valence electrons. The molecule has 1 aliphatic carbocycles. The molecule has 3 heteroatoms. The lowest BCUT2D eigenvalue weighted by atomic mass is 9.86. The minimum absolute atomic E-state index is 0.341. The largest absolute Gasteiger partial charge is 0.417 e. The Morgan fingerprint density at radius 1 is 1.00 bits per heavy atom. The SMILES string of the molecule is CC1CCCCC1NCCCCCCO[Si](C)(C)C(C)(C)C. The van der Waals surface area contributed by atoms with E-state index in [0.717, 1.165) is 18.6 Å². The third kappa shape index (κ3) is 7.14. The number of rotatable bonds is 9. The first-order chi connectivity index (χ1) is 10.2. The summed E-state index contributed by atoms with van der Waals surface area (Å²) < 4.78 is 6.23. The Morgan fingerprint density at radius 3 is 2.27 bits per heavy atom. The van der Waals surface area contributed by atoms with Crippen LogP contribution in [0.5, 0.6) is 0 Å². The maximum absolute atomic E-state index is 6.23. The molecule has 2 nitrogen and oxygen atoms in total. The highest BCUT2D eigenvalue weighted by Crippen LogP contribution is 2.36. The van der Waals surface area contributed by atoms with Gasteiger partial charge in [0.05, 0.1) is 0 Å². The lowest BCUT2D eigenvalue weighted by Crippen LogP contribution is -2.40. The normalized spacial score (nSPS) is 23.7. The Kier molecular flexibility index (Phi) is 8.66. The van der Waals surface area contributed by atoms with Crippen molar-refractivity contribution in [3.05, 3.63) is 0 Å². The molecule has 0 aromatic rings. The van der Waals surface area contributed by atoms with E-state index in [0.29, 0.717) is 5.04 Å². The fourth-order valence-electron chi connectivity index (χ4n) is 3.03. The summed E-state index contributed by atoms with van der Waals surface area (Å²) in [5.74, 6) is 0.881. The number of hydrogen-bond donors (Lipinski definition) is 1. The van der Waals surface area contributed by atoms with Gasteiger partial charge in [-0.2, -0.15) is 0 Å². The van der Waals surface area contributed by atoms with Crippen molar-refractivity contribution in [2.45, 2.75) is 103 Å². The highest BCUT2D eigenvalue weighted by Gasteiger charge is 2.36. The molecule has 0 radical (unpaired) electrons. The number of unbranched alkanes of at least 4 members (excludes halogenated alkanes) is 3. The van der Waals surface area contributed by atoms with Gasteiger partial charge in [0.1, 0.15) is 0 Å². The first-order valence-corrected chi connectivity index (χ1v) is 12.5. The van der Waals surface area contributed by atoms with E-state index < -0.39 is 8.32 Å². The summed E-state index contributed by atoms with van der Waals surface area (Å²) >= 11 is 0. The van der Waals surface area contributed by atoms with Crippen molar-refractivity contribution in [3.63, 3.8) is 0 Å². The Bertz CT molecular complexity index is 298. The quantitative estimate of drug-likeness (QED) is 0.431. The van der Waals surface area contributed by atoms with Crippen LogP contribution in [0, 0.1) is 5.92 Å². The zero-order valence-electron chi connectivity index (χ0n) is 16.1. The minimum Gasteiger partial charge on any atom is -0.417 e. The second kappa shape index (κ2) is 9.44. The highest BCUT2D eigenvalue weighted by atomic mass is 28.4. The maximum atomic E-state index is 6.23. The molecular weight excluding hydrogens is 286 g/mol. The van der Waals surface area contributed by atoms with E-state index in [1.165, 1.54) is 57.9 Å². The van der Waals surface area contributed by atoms with E-state index in [1.54, 1.807) is 0 Å². The van der Waals surface area contributed by atoms with E-state index in [-0.39, 0.29) is 0 Å². The first kappa shape index (κ1) is 20.2. The Morgan fingerprint density at radius 2 is 1.64 bits per heavy atom. The van der Waals surface area contributed by atoms with Gasteiger partial charge in [0.2, 0.25) is 0 Å².